The molecule has 0 bridgehead atoms. The zero-order chi connectivity index (χ0) is 12.9. The van der Waals surface area contributed by atoms with Crippen molar-refractivity contribution in [2.75, 3.05) is 0 Å². The highest BCUT2D eigenvalue weighted by Crippen LogP contribution is 2.39. The molecule has 6 heteroatoms. The van der Waals surface area contributed by atoms with Crippen LogP contribution in [0, 0.1) is 19.8 Å². The summed E-state index contributed by atoms with van der Waals surface area (Å²) in [5.74, 6) is 1.64. The maximum Gasteiger partial charge on any atom is 0.261 e. The van der Waals surface area contributed by atoms with Gasteiger partial charge in [0.1, 0.15) is 0 Å². The Morgan fingerprint density at radius 2 is 2.11 bits per heavy atom. The molecule has 3 rings (SSSR count). The molecule has 96 valence electrons. The molecule has 1 aliphatic rings. The molecule has 1 saturated carbocycles. The lowest BCUT2D eigenvalue weighted by Gasteiger charge is -2.01. The molecule has 1 fully saturated rings. The molecule has 1 aliphatic carbocycles. The van der Waals surface area contributed by atoms with Crippen LogP contribution >= 0.6 is 0 Å². The third kappa shape index (κ3) is 1.73. The molecule has 18 heavy (non-hydrogen) atoms. The third-order valence-corrected chi connectivity index (χ3v) is 3.59. The van der Waals surface area contributed by atoms with Gasteiger partial charge in [-0.3, -0.25) is 4.68 Å². The van der Waals surface area contributed by atoms with Crippen molar-refractivity contribution in [2.45, 2.75) is 32.7 Å². The Balaban J connectivity index is 1.97. The molecule has 2 N–H and O–H groups in total. The first kappa shape index (κ1) is 11.4. The van der Waals surface area contributed by atoms with Crippen LogP contribution in [0.25, 0.3) is 11.5 Å². The van der Waals surface area contributed by atoms with Gasteiger partial charge in [0.25, 0.3) is 5.89 Å². The van der Waals surface area contributed by atoms with Crippen molar-refractivity contribution in [1.82, 2.24) is 19.9 Å². The fourth-order valence-corrected chi connectivity index (χ4v) is 2.22. The number of aryl methyl sites for hydroxylation is 2. The summed E-state index contributed by atoms with van der Waals surface area (Å²) in [5.41, 5.74) is 8.89. The molecular formula is C12H17N5O. The third-order valence-electron chi connectivity index (χ3n) is 3.59. The smallest absolute Gasteiger partial charge is 0.261 e. The van der Waals surface area contributed by atoms with Crippen LogP contribution in [0.15, 0.2) is 4.52 Å². The molecule has 6 nitrogen and oxygen atoms in total. The molecule has 0 spiro atoms. The molecule has 1 unspecified atom stereocenters. The van der Waals surface area contributed by atoms with Gasteiger partial charge in [-0.15, -0.1) is 0 Å². The molecule has 0 aromatic carbocycles. The van der Waals surface area contributed by atoms with Crippen LogP contribution in [0.3, 0.4) is 0 Å². The number of aromatic nitrogens is 4. The Morgan fingerprint density at radius 3 is 2.67 bits per heavy atom. The lowest BCUT2D eigenvalue weighted by molar-refractivity contribution is 0.411. The fourth-order valence-electron chi connectivity index (χ4n) is 2.22. The molecule has 0 aliphatic heterocycles. The minimum atomic E-state index is -0.0974. The van der Waals surface area contributed by atoms with Crippen molar-refractivity contribution >= 4 is 0 Å². The Labute approximate surface area is 105 Å². The highest BCUT2D eigenvalue weighted by atomic mass is 16.5. The van der Waals surface area contributed by atoms with Gasteiger partial charge < -0.3 is 10.3 Å². The number of rotatable bonds is 3. The van der Waals surface area contributed by atoms with E-state index in [1.54, 1.807) is 0 Å². The van der Waals surface area contributed by atoms with E-state index in [0.29, 0.717) is 17.6 Å². The van der Waals surface area contributed by atoms with E-state index < -0.39 is 0 Å². The van der Waals surface area contributed by atoms with Crippen molar-refractivity contribution in [3.63, 3.8) is 0 Å². The van der Waals surface area contributed by atoms with Crippen molar-refractivity contribution in [2.24, 2.45) is 18.7 Å². The van der Waals surface area contributed by atoms with Gasteiger partial charge in [0.2, 0.25) is 0 Å². The first-order valence-corrected chi connectivity index (χ1v) is 6.17. The summed E-state index contributed by atoms with van der Waals surface area (Å²) in [5, 5.41) is 8.34. The van der Waals surface area contributed by atoms with E-state index in [1.165, 1.54) is 0 Å². The van der Waals surface area contributed by atoms with Gasteiger partial charge in [0, 0.05) is 12.7 Å². The predicted octanol–water partition coefficient (Wildman–Crippen LogP) is 1.50. The second-order valence-corrected chi connectivity index (χ2v) is 4.99. The molecule has 0 radical (unpaired) electrons. The summed E-state index contributed by atoms with van der Waals surface area (Å²) in [7, 11) is 1.90. The highest BCUT2D eigenvalue weighted by molar-refractivity contribution is 5.59. The largest absolute Gasteiger partial charge is 0.334 e. The quantitative estimate of drug-likeness (QED) is 0.888. The summed E-state index contributed by atoms with van der Waals surface area (Å²) in [4.78, 5) is 4.42. The average Bonchev–Trinajstić information content (AvgIpc) is 3.02. The Kier molecular flexibility index (Phi) is 2.48. The number of hydrogen-bond donors (Lipinski definition) is 1. The second-order valence-electron chi connectivity index (χ2n) is 4.99. The molecular weight excluding hydrogens is 230 g/mol. The normalized spacial score (nSPS) is 17.1. The van der Waals surface area contributed by atoms with E-state index in [1.807, 2.05) is 25.6 Å². The minimum Gasteiger partial charge on any atom is -0.334 e. The van der Waals surface area contributed by atoms with Crippen molar-refractivity contribution < 1.29 is 4.52 Å². The van der Waals surface area contributed by atoms with E-state index in [-0.39, 0.29) is 6.04 Å². The maximum atomic E-state index is 6.07. The SMILES string of the molecule is Cc1nn(C)c(C)c1-c1nc(C(N)C2CC2)no1. The highest BCUT2D eigenvalue weighted by Gasteiger charge is 2.33. The van der Waals surface area contributed by atoms with Gasteiger partial charge in [-0.05, 0) is 32.6 Å². The van der Waals surface area contributed by atoms with Crippen LogP contribution < -0.4 is 5.73 Å². The number of nitrogens with zero attached hydrogens (tertiary/aromatic N) is 4. The van der Waals surface area contributed by atoms with Crippen molar-refractivity contribution in [1.29, 1.82) is 0 Å². The standard InChI is InChI=1S/C12H17N5O/c1-6-9(7(2)17(3)15-6)12-14-11(16-18-12)10(13)8-4-5-8/h8,10H,4-5,13H2,1-3H3. The average molecular weight is 247 g/mol. The molecule has 0 saturated heterocycles. The van der Waals surface area contributed by atoms with E-state index in [0.717, 1.165) is 29.8 Å². The fraction of sp³-hybridized carbons (Fsp3) is 0.583. The molecule has 1 atom stereocenters. The molecule has 2 aromatic heterocycles. The van der Waals surface area contributed by atoms with Gasteiger partial charge >= 0.3 is 0 Å². The van der Waals surface area contributed by atoms with Crippen LogP contribution in [-0.4, -0.2) is 19.9 Å². The van der Waals surface area contributed by atoms with Gasteiger partial charge in [0.15, 0.2) is 5.82 Å². The van der Waals surface area contributed by atoms with Crippen molar-refractivity contribution in [3.8, 4) is 11.5 Å². The van der Waals surface area contributed by atoms with Crippen LogP contribution in [-0.2, 0) is 7.05 Å². The minimum absolute atomic E-state index is 0.0974. The van der Waals surface area contributed by atoms with Crippen LogP contribution in [0.2, 0.25) is 0 Å². The van der Waals surface area contributed by atoms with E-state index >= 15 is 0 Å². The van der Waals surface area contributed by atoms with E-state index in [9.17, 15) is 0 Å². The van der Waals surface area contributed by atoms with Gasteiger partial charge in [0.05, 0.1) is 17.3 Å². The van der Waals surface area contributed by atoms with Gasteiger partial charge in [-0.2, -0.15) is 10.1 Å². The zero-order valence-electron chi connectivity index (χ0n) is 10.8. The molecule has 2 aromatic rings. The molecule has 2 heterocycles. The van der Waals surface area contributed by atoms with Gasteiger partial charge in [-0.25, -0.2) is 0 Å². The first-order chi connectivity index (χ1) is 8.58. The summed E-state index contributed by atoms with van der Waals surface area (Å²) < 4.78 is 7.15. The number of nitrogens with two attached hydrogens (primary N) is 1. The lowest BCUT2D eigenvalue weighted by atomic mass is 10.2. The summed E-state index contributed by atoms with van der Waals surface area (Å²) in [6, 6.07) is -0.0974. The maximum absolute atomic E-state index is 6.07. The second kappa shape index (κ2) is 3.91. The predicted molar refractivity (Wildman–Crippen MR) is 65.6 cm³/mol. The number of hydrogen-bond acceptors (Lipinski definition) is 5. The summed E-state index contributed by atoms with van der Waals surface area (Å²) >= 11 is 0. The van der Waals surface area contributed by atoms with Crippen LogP contribution in [0.5, 0.6) is 0 Å². The summed E-state index contributed by atoms with van der Waals surface area (Å²) in [6.07, 6.45) is 2.33. The van der Waals surface area contributed by atoms with Crippen molar-refractivity contribution in [3.05, 3.63) is 17.2 Å². The molecule has 0 amide bonds. The van der Waals surface area contributed by atoms with Gasteiger partial charge in [-0.1, -0.05) is 5.16 Å². The lowest BCUT2D eigenvalue weighted by Crippen LogP contribution is -2.13. The topological polar surface area (TPSA) is 82.8 Å². The Morgan fingerprint density at radius 1 is 1.39 bits per heavy atom. The van der Waals surface area contributed by atoms with E-state index in [2.05, 4.69) is 15.2 Å². The van der Waals surface area contributed by atoms with E-state index in [4.69, 9.17) is 10.3 Å². The first-order valence-electron chi connectivity index (χ1n) is 6.17. The Bertz CT molecular complexity index is 581. The summed E-state index contributed by atoms with van der Waals surface area (Å²) in [6.45, 7) is 3.92. The van der Waals surface area contributed by atoms with Crippen LogP contribution in [0.1, 0.15) is 36.1 Å². The zero-order valence-corrected chi connectivity index (χ0v) is 10.8. The monoisotopic (exact) mass is 247 g/mol. The Hall–Kier alpha value is -1.69. The van der Waals surface area contributed by atoms with Crippen LogP contribution in [0.4, 0.5) is 0 Å².